The SMILES string of the molecule is CC(C)(C)c1ccc(OCCC(=O)OCc2nc(N)nc(N)n2)cc1. The summed E-state index contributed by atoms with van der Waals surface area (Å²) in [4.78, 5) is 23.0. The molecule has 1 heterocycles. The lowest BCUT2D eigenvalue weighted by atomic mass is 9.87. The van der Waals surface area contributed by atoms with Gasteiger partial charge in [0.05, 0.1) is 13.0 Å². The van der Waals surface area contributed by atoms with Crippen LogP contribution in [-0.2, 0) is 21.6 Å². The van der Waals surface area contributed by atoms with Gasteiger partial charge in [-0.25, -0.2) is 0 Å². The molecule has 0 aliphatic carbocycles. The molecule has 0 unspecified atom stereocenters. The number of esters is 1. The van der Waals surface area contributed by atoms with Gasteiger partial charge in [0.1, 0.15) is 5.75 Å². The smallest absolute Gasteiger partial charge is 0.309 e. The molecule has 0 atom stereocenters. The highest BCUT2D eigenvalue weighted by atomic mass is 16.5. The number of nitrogens with two attached hydrogens (primary N) is 2. The van der Waals surface area contributed by atoms with Gasteiger partial charge in [-0.15, -0.1) is 0 Å². The van der Waals surface area contributed by atoms with E-state index in [1.807, 2.05) is 24.3 Å². The lowest BCUT2D eigenvalue weighted by Crippen LogP contribution is -2.13. The lowest BCUT2D eigenvalue weighted by Gasteiger charge is -2.19. The van der Waals surface area contributed by atoms with Crippen molar-refractivity contribution in [3.8, 4) is 5.75 Å². The summed E-state index contributed by atoms with van der Waals surface area (Å²) in [7, 11) is 0. The van der Waals surface area contributed by atoms with Gasteiger partial charge in [-0.3, -0.25) is 4.79 Å². The topological polar surface area (TPSA) is 126 Å². The van der Waals surface area contributed by atoms with Crippen molar-refractivity contribution in [2.75, 3.05) is 18.1 Å². The average Bonchev–Trinajstić information content (AvgIpc) is 2.52. The molecule has 134 valence electrons. The first-order valence-electron chi connectivity index (χ1n) is 7.89. The number of hydrogen-bond donors (Lipinski definition) is 2. The molecule has 0 aliphatic heterocycles. The first kappa shape index (κ1) is 18.4. The highest BCUT2D eigenvalue weighted by Crippen LogP contribution is 2.24. The van der Waals surface area contributed by atoms with Crippen LogP contribution in [-0.4, -0.2) is 27.5 Å². The number of aromatic nitrogens is 3. The molecule has 1 aromatic heterocycles. The Bertz CT molecular complexity index is 706. The third-order valence-corrected chi connectivity index (χ3v) is 3.37. The van der Waals surface area contributed by atoms with Gasteiger partial charge in [0.2, 0.25) is 11.9 Å². The largest absolute Gasteiger partial charge is 0.493 e. The van der Waals surface area contributed by atoms with Crippen LogP contribution in [0.1, 0.15) is 38.6 Å². The van der Waals surface area contributed by atoms with E-state index in [2.05, 4.69) is 35.7 Å². The van der Waals surface area contributed by atoms with Crippen molar-refractivity contribution in [1.29, 1.82) is 0 Å². The van der Waals surface area contributed by atoms with Gasteiger partial charge in [0, 0.05) is 0 Å². The third-order valence-electron chi connectivity index (χ3n) is 3.37. The van der Waals surface area contributed by atoms with E-state index in [-0.39, 0.29) is 42.8 Å². The zero-order valence-corrected chi connectivity index (χ0v) is 14.7. The minimum atomic E-state index is -0.427. The Kier molecular flexibility index (Phi) is 5.74. The molecular formula is C17H23N5O3. The number of nitrogens with zero attached hydrogens (tertiary/aromatic N) is 3. The predicted octanol–water partition coefficient (Wildman–Crippen LogP) is 1.85. The first-order valence-corrected chi connectivity index (χ1v) is 7.89. The van der Waals surface area contributed by atoms with E-state index < -0.39 is 5.97 Å². The van der Waals surface area contributed by atoms with Crippen LogP contribution in [0.2, 0.25) is 0 Å². The Morgan fingerprint density at radius 2 is 1.64 bits per heavy atom. The second kappa shape index (κ2) is 7.78. The zero-order chi connectivity index (χ0) is 18.4. The van der Waals surface area contributed by atoms with Crippen LogP contribution in [0.4, 0.5) is 11.9 Å². The maximum absolute atomic E-state index is 11.7. The highest BCUT2D eigenvalue weighted by molar-refractivity contribution is 5.69. The van der Waals surface area contributed by atoms with Crippen LogP contribution in [0.3, 0.4) is 0 Å². The second-order valence-electron chi connectivity index (χ2n) is 6.50. The zero-order valence-electron chi connectivity index (χ0n) is 14.7. The molecule has 8 nitrogen and oxygen atoms in total. The van der Waals surface area contributed by atoms with Crippen LogP contribution in [0.15, 0.2) is 24.3 Å². The number of benzene rings is 1. The van der Waals surface area contributed by atoms with Gasteiger partial charge in [-0.2, -0.15) is 15.0 Å². The van der Waals surface area contributed by atoms with E-state index in [9.17, 15) is 4.79 Å². The summed E-state index contributed by atoms with van der Waals surface area (Å²) in [5.74, 6) is 0.459. The Morgan fingerprint density at radius 3 is 2.20 bits per heavy atom. The van der Waals surface area contributed by atoms with Crippen molar-refractivity contribution < 1.29 is 14.3 Å². The van der Waals surface area contributed by atoms with Gasteiger partial charge in [-0.1, -0.05) is 32.9 Å². The fourth-order valence-corrected chi connectivity index (χ4v) is 2.04. The molecule has 0 radical (unpaired) electrons. The second-order valence-corrected chi connectivity index (χ2v) is 6.50. The number of carbonyl (C=O) groups is 1. The monoisotopic (exact) mass is 345 g/mol. The number of hydrogen-bond acceptors (Lipinski definition) is 8. The predicted molar refractivity (Wildman–Crippen MR) is 93.7 cm³/mol. The van der Waals surface area contributed by atoms with E-state index in [0.717, 1.165) is 0 Å². The number of rotatable bonds is 6. The summed E-state index contributed by atoms with van der Waals surface area (Å²) >= 11 is 0. The molecule has 1 aromatic carbocycles. The van der Waals surface area contributed by atoms with Crippen molar-refractivity contribution in [3.63, 3.8) is 0 Å². The number of carbonyl (C=O) groups excluding carboxylic acids is 1. The van der Waals surface area contributed by atoms with E-state index in [1.165, 1.54) is 5.56 Å². The van der Waals surface area contributed by atoms with Gasteiger partial charge in [0.25, 0.3) is 0 Å². The Balaban J connectivity index is 1.75. The molecule has 2 rings (SSSR count). The average molecular weight is 345 g/mol. The first-order chi connectivity index (χ1) is 11.7. The van der Waals surface area contributed by atoms with Crippen LogP contribution in [0.25, 0.3) is 0 Å². The van der Waals surface area contributed by atoms with Crippen molar-refractivity contribution >= 4 is 17.9 Å². The molecule has 0 fully saturated rings. The molecule has 0 bridgehead atoms. The quantitative estimate of drug-likeness (QED) is 0.759. The van der Waals surface area contributed by atoms with E-state index in [4.69, 9.17) is 20.9 Å². The molecule has 0 saturated carbocycles. The minimum absolute atomic E-state index is 0.0133. The molecule has 4 N–H and O–H groups in total. The maximum atomic E-state index is 11.7. The fraction of sp³-hybridized carbons (Fsp3) is 0.412. The standard InChI is InChI=1S/C17H23N5O3/c1-17(2,3)11-4-6-12(7-5-11)24-9-8-14(23)25-10-13-20-15(18)22-16(19)21-13/h4-7H,8-10H2,1-3H3,(H4,18,19,20,21,22). The van der Waals surface area contributed by atoms with E-state index >= 15 is 0 Å². The normalized spacial score (nSPS) is 11.2. The Labute approximate surface area is 146 Å². The minimum Gasteiger partial charge on any atom is -0.493 e. The summed E-state index contributed by atoms with van der Waals surface area (Å²) in [6.07, 6.45) is 0.108. The summed E-state index contributed by atoms with van der Waals surface area (Å²) in [5.41, 5.74) is 12.2. The van der Waals surface area contributed by atoms with Crippen LogP contribution in [0, 0.1) is 0 Å². The molecular weight excluding hydrogens is 322 g/mol. The van der Waals surface area contributed by atoms with Gasteiger partial charge in [0.15, 0.2) is 12.4 Å². The van der Waals surface area contributed by atoms with Crippen molar-refractivity contribution in [3.05, 3.63) is 35.7 Å². The Hall–Kier alpha value is -2.90. The summed E-state index contributed by atoms with van der Waals surface area (Å²) < 4.78 is 10.6. The van der Waals surface area contributed by atoms with Crippen molar-refractivity contribution in [1.82, 2.24) is 15.0 Å². The van der Waals surface area contributed by atoms with Crippen LogP contribution in [0.5, 0.6) is 5.75 Å². The van der Waals surface area contributed by atoms with Crippen molar-refractivity contribution in [2.45, 2.75) is 39.2 Å². The molecule has 2 aromatic rings. The molecule has 25 heavy (non-hydrogen) atoms. The van der Waals surface area contributed by atoms with Crippen LogP contribution >= 0.6 is 0 Å². The summed E-state index contributed by atoms with van der Waals surface area (Å²) in [6.45, 7) is 6.54. The van der Waals surface area contributed by atoms with Crippen molar-refractivity contribution in [2.24, 2.45) is 0 Å². The maximum Gasteiger partial charge on any atom is 0.309 e. The molecule has 0 amide bonds. The summed E-state index contributed by atoms with van der Waals surface area (Å²) in [6, 6.07) is 7.82. The lowest BCUT2D eigenvalue weighted by molar-refractivity contribution is -0.145. The number of nitrogen functional groups attached to an aromatic ring is 2. The fourth-order valence-electron chi connectivity index (χ4n) is 2.04. The van der Waals surface area contributed by atoms with E-state index in [1.54, 1.807) is 0 Å². The third kappa shape index (κ3) is 5.91. The van der Waals surface area contributed by atoms with Gasteiger partial charge < -0.3 is 20.9 Å². The van der Waals surface area contributed by atoms with Crippen LogP contribution < -0.4 is 16.2 Å². The molecule has 0 aliphatic rings. The van der Waals surface area contributed by atoms with Gasteiger partial charge in [-0.05, 0) is 23.1 Å². The number of ether oxygens (including phenoxy) is 2. The highest BCUT2D eigenvalue weighted by Gasteiger charge is 2.13. The molecule has 0 spiro atoms. The Morgan fingerprint density at radius 1 is 1.04 bits per heavy atom. The molecule has 8 heteroatoms. The van der Waals surface area contributed by atoms with E-state index in [0.29, 0.717) is 5.75 Å². The molecule has 0 saturated heterocycles. The van der Waals surface area contributed by atoms with Gasteiger partial charge >= 0.3 is 5.97 Å². The summed E-state index contributed by atoms with van der Waals surface area (Å²) in [5, 5.41) is 0. The number of anilines is 2.